The summed E-state index contributed by atoms with van der Waals surface area (Å²) in [5, 5.41) is 15.9. The molecular formula is C19H16N2O3. The van der Waals surface area contributed by atoms with Crippen LogP contribution in [-0.4, -0.2) is 10.8 Å². The van der Waals surface area contributed by atoms with E-state index in [0.717, 1.165) is 16.3 Å². The van der Waals surface area contributed by atoms with Crippen LogP contribution in [-0.2, 0) is 11.2 Å². The van der Waals surface area contributed by atoms with Crippen LogP contribution in [0.15, 0.2) is 60.7 Å². The zero-order valence-corrected chi connectivity index (χ0v) is 13.2. The lowest BCUT2D eigenvalue weighted by atomic mass is 10.0. The molecule has 0 aliphatic heterocycles. The van der Waals surface area contributed by atoms with Gasteiger partial charge in [-0.15, -0.1) is 0 Å². The van der Waals surface area contributed by atoms with Crippen molar-refractivity contribution in [3.8, 4) is 0 Å². The molecule has 1 N–H and O–H groups in total. The highest BCUT2D eigenvalue weighted by atomic mass is 16.6. The quantitative estimate of drug-likeness (QED) is 0.577. The van der Waals surface area contributed by atoms with Crippen LogP contribution in [0.3, 0.4) is 0 Å². The minimum Gasteiger partial charge on any atom is -0.326 e. The number of anilines is 1. The number of carbonyl (C=O) groups is 1. The molecule has 5 heteroatoms. The van der Waals surface area contributed by atoms with Crippen LogP contribution in [0.5, 0.6) is 0 Å². The van der Waals surface area contributed by atoms with Gasteiger partial charge in [0.1, 0.15) is 0 Å². The Labute approximate surface area is 139 Å². The number of nitrogens with one attached hydrogen (secondary N) is 1. The highest BCUT2D eigenvalue weighted by molar-refractivity contribution is 5.93. The standard InChI is InChI=1S/C19H16N2O3/c1-13-6-9-17(12-18(13)21(23)24)20-19(22)11-14-7-8-15-4-2-3-5-16(15)10-14/h2-10,12H,11H2,1H3,(H,20,22). The molecule has 3 aromatic rings. The predicted octanol–water partition coefficient (Wildman–Crippen LogP) is 4.24. The molecule has 0 aromatic heterocycles. The Kier molecular flexibility index (Phi) is 4.24. The molecule has 0 unspecified atom stereocenters. The Morgan fingerprint density at radius 1 is 1.04 bits per heavy atom. The van der Waals surface area contributed by atoms with Gasteiger partial charge in [-0.05, 0) is 29.3 Å². The number of carbonyl (C=O) groups excluding carboxylic acids is 1. The summed E-state index contributed by atoms with van der Waals surface area (Å²) in [6.07, 6.45) is 0.215. The zero-order chi connectivity index (χ0) is 17.1. The minimum absolute atomic E-state index is 0.00138. The van der Waals surface area contributed by atoms with E-state index >= 15 is 0 Å². The van der Waals surface area contributed by atoms with Gasteiger partial charge in [0, 0.05) is 17.3 Å². The number of hydrogen-bond donors (Lipinski definition) is 1. The first kappa shape index (κ1) is 15.7. The molecule has 0 saturated heterocycles. The molecule has 5 nitrogen and oxygen atoms in total. The maximum absolute atomic E-state index is 12.2. The summed E-state index contributed by atoms with van der Waals surface area (Å²) >= 11 is 0. The van der Waals surface area contributed by atoms with Crippen molar-refractivity contribution in [1.82, 2.24) is 0 Å². The van der Waals surface area contributed by atoms with E-state index in [1.807, 2.05) is 42.5 Å². The maximum atomic E-state index is 12.2. The molecule has 0 atom stereocenters. The fourth-order valence-electron chi connectivity index (χ4n) is 2.62. The Balaban J connectivity index is 1.75. The number of amides is 1. The number of nitro benzene ring substituents is 1. The molecule has 0 saturated carbocycles. The molecule has 0 spiro atoms. The summed E-state index contributed by atoms with van der Waals surface area (Å²) in [4.78, 5) is 22.7. The average Bonchev–Trinajstić information content (AvgIpc) is 2.56. The van der Waals surface area contributed by atoms with Crippen LogP contribution in [0.2, 0.25) is 0 Å². The second-order valence-electron chi connectivity index (χ2n) is 5.66. The van der Waals surface area contributed by atoms with Crippen molar-refractivity contribution in [3.05, 3.63) is 81.9 Å². The lowest BCUT2D eigenvalue weighted by molar-refractivity contribution is -0.385. The van der Waals surface area contributed by atoms with Gasteiger partial charge in [0.15, 0.2) is 0 Å². The first-order valence-electron chi connectivity index (χ1n) is 7.55. The van der Waals surface area contributed by atoms with Crippen molar-refractivity contribution >= 4 is 28.1 Å². The van der Waals surface area contributed by atoms with E-state index in [2.05, 4.69) is 5.32 Å². The van der Waals surface area contributed by atoms with Gasteiger partial charge in [-0.2, -0.15) is 0 Å². The lowest BCUT2D eigenvalue weighted by Crippen LogP contribution is -2.14. The Morgan fingerprint density at radius 3 is 2.54 bits per heavy atom. The molecule has 0 heterocycles. The molecule has 0 aliphatic rings. The number of benzene rings is 3. The van der Waals surface area contributed by atoms with Crippen molar-refractivity contribution in [2.75, 3.05) is 5.32 Å². The average molecular weight is 320 g/mol. The second-order valence-corrected chi connectivity index (χ2v) is 5.66. The first-order valence-corrected chi connectivity index (χ1v) is 7.55. The van der Waals surface area contributed by atoms with Crippen molar-refractivity contribution in [3.63, 3.8) is 0 Å². The number of rotatable bonds is 4. The van der Waals surface area contributed by atoms with Crippen molar-refractivity contribution in [2.24, 2.45) is 0 Å². The molecule has 24 heavy (non-hydrogen) atoms. The highest BCUT2D eigenvalue weighted by Crippen LogP contribution is 2.22. The molecule has 3 aromatic carbocycles. The fourth-order valence-corrected chi connectivity index (χ4v) is 2.62. The Morgan fingerprint density at radius 2 is 1.79 bits per heavy atom. The lowest BCUT2D eigenvalue weighted by Gasteiger charge is -2.07. The van der Waals surface area contributed by atoms with Gasteiger partial charge in [-0.3, -0.25) is 14.9 Å². The molecular weight excluding hydrogens is 304 g/mol. The summed E-state index contributed by atoms with van der Waals surface area (Å²) in [7, 11) is 0. The second kappa shape index (κ2) is 6.50. The monoisotopic (exact) mass is 320 g/mol. The summed E-state index contributed by atoms with van der Waals surface area (Å²) < 4.78 is 0. The maximum Gasteiger partial charge on any atom is 0.274 e. The smallest absolute Gasteiger partial charge is 0.274 e. The van der Waals surface area contributed by atoms with Crippen LogP contribution in [0.4, 0.5) is 11.4 Å². The topological polar surface area (TPSA) is 72.2 Å². The number of nitrogens with zero attached hydrogens (tertiary/aromatic N) is 1. The van der Waals surface area contributed by atoms with Crippen LogP contribution >= 0.6 is 0 Å². The summed E-state index contributed by atoms with van der Waals surface area (Å²) in [5.41, 5.74) is 1.89. The van der Waals surface area contributed by atoms with Gasteiger partial charge >= 0.3 is 0 Å². The van der Waals surface area contributed by atoms with Gasteiger partial charge < -0.3 is 5.32 Å². The van der Waals surface area contributed by atoms with E-state index in [-0.39, 0.29) is 18.0 Å². The van der Waals surface area contributed by atoms with E-state index in [1.54, 1.807) is 19.1 Å². The van der Waals surface area contributed by atoms with Gasteiger partial charge in [-0.25, -0.2) is 0 Å². The molecule has 0 bridgehead atoms. The van der Waals surface area contributed by atoms with E-state index in [4.69, 9.17) is 0 Å². The summed E-state index contributed by atoms with van der Waals surface area (Å²) in [6.45, 7) is 1.67. The van der Waals surface area contributed by atoms with E-state index in [1.165, 1.54) is 6.07 Å². The highest BCUT2D eigenvalue weighted by Gasteiger charge is 2.12. The number of nitro groups is 1. The van der Waals surface area contributed by atoms with Crippen molar-refractivity contribution < 1.29 is 9.72 Å². The van der Waals surface area contributed by atoms with Gasteiger partial charge in [0.2, 0.25) is 5.91 Å². The third-order valence-corrected chi connectivity index (χ3v) is 3.87. The van der Waals surface area contributed by atoms with Gasteiger partial charge in [-0.1, -0.05) is 48.5 Å². The van der Waals surface area contributed by atoms with Crippen LogP contribution in [0, 0.1) is 17.0 Å². The third kappa shape index (κ3) is 3.41. The fraction of sp³-hybridized carbons (Fsp3) is 0.105. The van der Waals surface area contributed by atoms with Crippen LogP contribution in [0.25, 0.3) is 10.8 Å². The number of hydrogen-bond acceptors (Lipinski definition) is 3. The molecule has 0 radical (unpaired) electrons. The third-order valence-electron chi connectivity index (χ3n) is 3.87. The zero-order valence-electron chi connectivity index (χ0n) is 13.2. The van der Waals surface area contributed by atoms with Gasteiger partial charge in [0.05, 0.1) is 11.3 Å². The molecule has 0 aliphatic carbocycles. The molecule has 120 valence electrons. The van der Waals surface area contributed by atoms with Crippen LogP contribution < -0.4 is 5.32 Å². The SMILES string of the molecule is Cc1ccc(NC(=O)Cc2ccc3ccccc3c2)cc1[N+](=O)[O-]. The van der Waals surface area contributed by atoms with E-state index in [9.17, 15) is 14.9 Å². The summed E-state index contributed by atoms with van der Waals surface area (Å²) in [5.74, 6) is -0.205. The van der Waals surface area contributed by atoms with Crippen molar-refractivity contribution in [2.45, 2.75) is 13.3 Å². The Hall–Kier alpha value is -3.21. The Bertz CT molecular complexity index is 935. The number of aryl methyl sites for hydroxylation is 1. The number of fused-ring (bicyclic) bond motifs is 1. The minimum atomic E-state index is -0.450. The van der Waals surface area contributed by atoms with Crippen LogP contribution in [0.1, 0.15) is 11.1 Å². The largest absolute Gasteiger partial charge is 0.326 e. The van der Waals surface area contributed by atoms with E-state index in [0.29, 0.717) is 11.3 Å². The summed E-state index contributed by atoms with van der Waals surface area (Å²) in [6, 6.07) is 18.5. The predicted molar refractivity (Wildman–Crippen MR) is 94.1 cm³/mol. The van der Waals surface area contributed by atoms with Gasteiger partial charge in [0.25, 0.3) is 5.69 Å². The molecule has 3 rings (SSSR count). The molecule has 1 amide bonds. The van der Waals surface area contributed by atoms with Crippen molar-refractivity contribution in [1.29, 1.82) is 0 Å². The van der Waals surface area contributed by atoms with E-state index < -0.39 is 4.92 Å². The normalized spacial score (nSPS) is 10.5. The molecule has 0 fully saturated rings. The first-order chi connectivity index (χ1) is 11.5.